The Kier molecular flexibility index (Phi) is 2.99. The number of hydrogen-bond donors (Lipinski definition) is 1. The molecule has 0 saturated carbocycles. The van der Waals surface area contributed by atoms with Crippen LogP contribution in [0, 0.1) is 0 Å². The molecule has 1 aromatic heterocycles. The predicted octanol–water partition coefficient (Wildman–Crippen LogP) is 1.03. The first kappa shape index (κ1) is 11.5. The summed E-state index contributed by atoms with van der Waals surface area (Å²) in [5.41, 5.74) is -0.112. The topological polar surface area (TPSA) is 60.2 Å². The SMILES string of the molecule is CC(C)(C)n1c(CO)nnc1C1CCOC1. The van der Waals surface area contributed by atoms with Crippen molar-refractivity contribution in [2.45, 2.75) is 45.3 Å². The monoisotopic (exact) mass is 225 g/mol. The van der Waals surface area contributed by atoms with Crippen LogP contribution in [0.2, 0.25) is 0 Å². The zero-order chi connectivity index (χ0) is 11.8. The van der Waals surface area contributed by atoms with E-state index in [9.17, 15) is 5.11 Å². The molecular formula is C11H19N3O2. The van der Waals surface area contributed by atoms with Crippen molar-refractivity contribution in [3.05, 3.63) is 11.6 Å². The zero-order valence-corrected chi connectivity index (χ0v) is 10.1. The Bertz CT molecular complexity index is 362. The average Bonchev–Trinajstić information content (AvgIpc) is 2.84. The molecule has 1 N–H and O–H groups in total. The number of nitrogens with zero attached hydrogens (tertiary/aromatic N) is 3. The fourth-order valence-electron chi connectivity index (χ4n) is 2.17. The molecule has 90 valence electrons. The van der Waals surface area contributed by atoms with Crippen molar-refractivity contribution in [2.24, 2.45) is 0 Å². The van der Waals surface area contributed by atoms with Crippen molar-refractivity contribution >= 4 is 0 Å². The summed E-state index contributed by atoms with van der Waals surface area (Å²) < 4.78 is 7.41. The van der Waals surface area contributed by atoms with Crippen molar-refractivity contribution < 1.29 is 9.84 Å². The lowest BCUT2D eigenvalue weighted by Crippen LogP contribution is -2.27. The summed E-state index contributed by atoms with van der Waals surface area (Å²) in [5, 5.41) is 17.5. The lowest BCUT2D eigenvalue weighted by atomic mass is 10.0. The van der Waals surface area contributed by atoms with E-state index >= 15 is 0 Å². The van der Waals surface area contributed by atoms with Crippen LogP contribution >= 0.6 is 0 Å². The van der Waals surface area contributed by atoms with Gasteiger partial charge in [-0.2, -0.15) is 0 Å². The summed E-state index contributed by atoms with van der Waals surface area (Å²) in [6, 6.07) is 0. The van der Waals surface area contributed by atoms with E-state index in [1.54, 1.807) is 0 Å². The summed E-state index contributed by atoms with van der Waals surface area (Å²) in [4.78, 5) is 0. The molecule has 5 nitrogen and oxygen atoms in total. The van der Waals surface area contributed by atoms with Crippen molar-refractivity contribution in [1.29, 1.82) is 0 Å². The third kappa shape index (κ3) is 1.97. The van der Waals surface area contributed by atoms with E-state index in [1.807, 2.05) is 4.57 Å². The molecule has 0 spiro atoms. The first-order chi connectivity index (χ1) is 7.54. The minimum atomic E-state index is -0.112. The average molecular weight is 225 g/mol. The number of rotatable bonds is 2. The Labute approximate surface area is 95.4 Å². The van der Waals surface area contributed by atoms with Crippen molar-refractivity contribution in [2.75, 3.05) is 13.2 Å². The van der Waals surface area contributed by atoms with Crippen LogP contribution < -0.4 is 0 Å². The minimum Gasteiger partial charge on any atom is -0.388 e. The molecule has 2 heterocycles. The Morgan fingerprint density at radius 2 is 2.19 bits per heavy atom. The molecule has 0 radical (unpaired) electrons. The smallest absolute Gasteiger partial charge is 0.159 e. The molecule has 0 bridgehead atoms. The van der Waals surface area contributed by atoms with E-state index in [4.69, 9.17) is 4.74 Å². The van der Waals surface area contributed by atoms with E-state index in [0.717, 1.165) is 18.9 Å². The molecular weight excluding hydrogens is 206 g/mol. The van der Waals surface area contributed by atoms with Crippen LogP contribution in [0.4, 0.5) is 0 Å². The maximum absolute atomic E-state index is 9.28. The highest BCUT2D eigenvalue weighted by atomic mass is 16.5. The van der Waals surface area contributed by atoms with Gasteiger partial charge in [0.2, 0.25) is 0 Å². The van der Waals surface area contributed by atoms with Gasteiger partial charge in [0.15, 0.2) is 5.82 Å². The maximum atomic E-state index is 9.28. The van der Waals surface area contributed by atoms with Gasteiger partial charge in [-0.25, -0.2) is 0 Å². The molecule has 1 aliphatic rings. The van der Waals surface area contributed by atoms with Crippen LogP contribution in [0.5, 0.6) is 0 Å². The van der Waals surface area contributed by atoms with Crippen LogP contribution in [0.25, 0.3) is 0 Å². The number of ether oxygens (including phenoxy) is 1. The highest BCUT2D eigenvalue weighted by Crippen LogP contribution is 2.28. The normalized spacial score (nSPS) is 21.6. The molecule has 0 amide bonds. The molecule has 1 aromatic rings. The van der Waals surface area contributed by atoms with Crippen LogP contribution in [0.1, 0.15) is 44.8 Å². The number of hydrogen-bond acceptors (Lipinski definition) is 4. The van der Waals surface area contributed by atoms with Gasteiger partial charge in [0, 0.05) is 18.1 Å². The molecule has 16 heavy (non-hydrogen) atoms. The third-order valence-electron chi connectivity index (χ3n) is 2.86. The highest BCUT2D eigenvalue weighted by molar-refractivity contribution is 5.07. The largest absolute Gasteiger partial charge is 0.388 e. The van der Waals surface area contributed by atoms with E-state index in [2.05, 4.69) is 31.0 Å². The van der Waals surface area contributed by atoms with Gasteiger partial charge in [-0.3, -0.25) is 0 Å². The van der Waals surface area contributed by atoms with Gasteiger partial charge in [0.1, 0.15) is 12.4 Å². The lowest BCUT2D eigenvalue weighted by molar-refractivity contribution is 0.191. The summed E-state index contributed by atoms with van der Waals surface area (Å²) in [5.74, 6) is 1.88. The summed E-state index contributed by atoms with van der Waals surface area (Å²) in [6.07, 6.45) is 0.986. The third-order valence-corrected chi connectivity index (χ3v) is 2.86. The highest BCUT2D eigenvalue weighted by Gasteiger charge is 2.29. The molecule has 0 aliphatic carbocycles. The molecule has 1 saturated heterocycles. The fourth-order valence-corrected chi connectivity index (χ4v) is 2.17. The van der Waals surface area contributed by atoms with Crippen LogP contribution in [0.15, 0.2) is 0 Å². The Morgan fingerprint density at radius 3 is 2.69 bits per heavy atom. The second kappa shape index (κ2) is 4.14. The molecule has 1 fully saturated rings. The minimum absolute atomic E-state index is 0.0716. The Hall–Kier alpha value is -0.940. The van der Waals surface area contributed by atoms with Crippen molar-refractivity contribution in [3.63, 3.8) is 0 Å². The standard InChI is InChI=1S/C11H19N3O2/c1-11(2,3)14-9(6-15)12-13-10(14)8-4-5-16-7-8/h8,15H,4-7H2,1-3H3. The van der Waals surface area contributed by atoms with Gasteiger partial charge < -0.3 is 14.4 Å². The zero-order valence-electron chi connectivity index (χ0n) is 10.1. The maximum Gasteiger partial charge on any atom is 0.159 e. The fraction of sp³-hybridized carbons (Fsp3) is 0.818. The van der Waals surface area contributed by atoms with Gasteiger partial charge in [0.25, 0.3) is 0 Å². The second-order valence-electron chi connectivity index (χ2n) is 5.20. The number of aliphatic hydroxyl groups is 1. The summed E-state index contributed by atoms with van der Waals surface area (Å²) in [6.45, 7) is 7.70. The first-order valence-corrected chi connectivity index (χ1v) is 5.67. The number of aromatic nitrogens is 3. The van der Waals surface area contributed by atoms with Gasteiger partial charge in [-0.05, 0) is 27.2 Å². The Morgan fingerprint density at radius 1 is 1.44 bits per heavy atom. The van der Waals surface area contributed by atoms with E-state index in [1.165, 1.54) is 0 Å². The van der Waals surface area contributed by atoms with Gasteiger partial charge in [0.05, 0.1) is 6.61 Å². The quantitative estimate of drug-likeness (QED) is 0.816. The van der Waals surface area contributed by atoms with Gasteiger partial charge in [-0.1, -0.05) is 0 Å². The summed E-state index contributed by atoms with van der Waals surface area (Å²) in [7, 11) is 0. The first-order valence-electron chi connectivity index (χ1n) is 5.67. The second-order valence-corrected chi connectivity index (χ2v) is 5.20. The molecule has 1 atom stereocenters. The van der Waals surface area contributed by atoms with E-state index < -0.39 is 0 Å². The lowest BCUT2D eigenvalue weighted by Gasteiger charge is -2.26. The van der Waals surface area contributed by atoms with E-state index in [0.29, 0.717) is 18.3 Å². The van der Waals surface area contributed by atoms with Gasteiger partial charge >= 0.3 is 0 Å². The molecule has 0 aromatic carbocycles. The molecule has 1 unspecified atom stereocenters. The molecule has 5 heteroatoms. The molecule has 2 rings (SSSR count). The Balaban J connectivity index is 2.41. The number of aliphatic hydroxyl groups excluding tert-OH is 1. The van der Waals surface area contributed by atoms with Crippen LogP contribution in [-0.4, -0.2) is 33.1 Å². The predicted molar refractivity (Wildman–Crippen MR) is 59.1 cm³/mol. The summed E-state index contributed by atoms with van der Waals surface area (Å²) >= 11 is 0. The molecule has 1 aliphatic heterocycles. The van der Waals surface area contributed by atoms with Gasteiger partial charge in [-0.15, -0.1) is 10.2 Å². The van der Waals surface area contributed by atoms with Crippen LogP contribution in [0.3, 0.4) is 0 Å². The van der Waals surface area contributed by atoms with E-state index in [-0.39, 0.29) is 12.1 Å². The van der Waals surface area contributed by atoms with Crippen molar-refractivity contribution in [3.8, 4) is 0 Å². The van der Waals surface area contributed by atoms with Crippen LogP contribution in [-0.2, 0) is 16.9 Å². The van der Waals surface area contributed by atoms with Crippen molar-refractivity contribution in [1.82, 2.24) is 14.8 Å².